The van der Waals surface area contributed by atoms with Crippen molar-refractivity contribution in [3.8, 4) is 5.75 Å². The van der Waals surface area contributed by atoms with Gasteiger partial charge in [0.2, 0.25) is 5.89 Å². The Morgan fingerprint density at radius 2 is 2.19 bits per heavy atom. The van der Waals surface area contributed by atoms with Crippen molar-refractivity contribution in [3.05, 3.63) is 41.5 Å². The predicted molar refractivity (Wildman–Crippen MR) is 82.0 cm³/mol. The Morgan fingerprint density at radius 3 is 2.76 bits per heavy atom. The first kappa shape index (κ1) is 17.4. The Hall–Kier alpha value is -1.63. The van der Waals surface area contributed by atoms with E-state index in [9.17, 15) is 5.11 Å². The molecule has 1 aromatic carbocycles. The summed E-state index contributed by atoms with van der Waals surface area (Å²) in [4.78, 5) is 6.41. The molecule has 0 saturated heterocycles. The quantitative estimate of drug-likeness (QED) is 0.850. The minimum atomic E-state index is 0. The minimum absolute atomic E-state index is 0. The van der Waals surface area contributed by atoms with Gasteiger partial charge in [0, 0.05) is 6.04 Å². The Kier molecular flexibility index (Phi) is 6.61. The van der Waals surface area contributed by atoms with Gasteiger partial charge in [0.15, 0.2) is 5.82 Å². The van der Waals surface area contributed by atoms with Crippen LogP contribution in [0.4, 0.5) is 0 Å². The zero-order valence-electron chi connectivity index (χ0n) is 12.2. The van der Waals surface area contributed by atoms with Crippen LogP contribution in [0.25, 0.3) is 0 Å². The average molecular weight is 313 g/mol. The molecule has 116 valence electrons. The number of benzene rings is 1. The van der Waals surface area contributed by atoms with Gasteiger partial charge in [-0.2, -0.15) is 4.98 Å². The first-order chi connectivity index (χ1) is 9.63. The van der Waals surface area contributed by atoms with E-state index >= 15 is 0 Å². The lowest BCUT2D eigenvalue weighted by atomic mass is 10.1. The second-order valence-electron chi connectivity index (χ2n) is 4.64. The number of rotatable bonds is 6. The third-order valence-electron chi connectivity index (χ3n) is 3.34. The lowest BCUT2D eigenvalue weighted by Gasteiger charge is -2.26. The molecule has 7 heteroatoms. The highest BCUT2D eigenvalue weighted by molar-refractivity contribution is 5.85. The summed E-state index contributed by atoms with van der Waals surface area (Å²) in [6.07, 6.45) is 0. The van der Waals surface area contributed by atoms with E-state index in [0.717, 1.165) is 12.1 Å². The molecule has 1 heterocycles. The smallest absolute Gasteiger partial charge is 0.240 e. The molecule has 3 N–H and O–H groups in total. The minimum Gasteiger partial charge on any atom is -0.508 e. The van der Waals surface area contributed by atoms with Crippen molar-refractivity contribution in [2.45, 2.75) is 33.0 Å². The van der Waals surface area contributed by atoms with Gasteiger partial charge in [-0.3, -0.25) is 4.90 Å². The van der Waals surface area contributed by atoms with Crippen LogP contribution >= 0.6 is 12.4 Å². The molecule has 2 aromatic rings. The zero-order chi connectivity index (χ0) is 14.5. The summed E-state index contributed by atoms with van der Waals surface area (Å²) in [6, 6.07) is 7.42. The largest absolute Gasteiger partial charge is 0.508 e. The zero-order valence-corrected chi connectivity index (χ0v) is 13.0. The van der Waals surface area contributed by atoms with Crippen LogP contribution in [0.1, 0.15) is 37.2 Å². The number of phenolic OH excluding ortho intramolecular Hbond substituents is 1. The third kappa shape index (κ3) is 4.42. The molecule has 6 nitrogen and oxygen atoms in total. The van der Waals surface area contributed by atoms with E-state index < -0.39 is 0 Å². The number of nitrogens with two attached hydrogens (primary N) is 1. The Bertz CT molecular complexity index is 561. The molecule has 0 spiro atoms. The molecule has 0 saturated carbocycles. The van der Waals surface area contributed by atoms with Crippen LogP contribution in [0.3, 0.4) is 0 Å². The fraction of sp³-hybridized carbons (Fsp3) is 0.429. The number of aromatic nitrogens is 2. The Labute approximate surface area is 130 Å². The number of phenols is 1. The van der Waals surface area contributed by atoms with E-state index in [4.69, 9.17) is 10.3 Å². The van der Waals surface area contributed by atoms with Crippen molar-refractivity contribution in [1.29, 1.82) is 0 Å². The third-order valence-corrected chi connectivity index (χ3v) is 3.34. The number of hydrogen-bond acceptors (Lipinski definition) is 6. The normalized spacial score (nSPS) is 12.2. The fourth-order valence-electron chi connectivity index (χ4n) is 2.14. The van der Waals surface area contributed by atoms with Gasteiger partial charge in [-0.05, 0) is 31.2 Å². The van der Waals surface area contributed by atoms with Gasteiger partial charge in [-0.25, -0.2) is 0 Å². The van der Waals surface area contributed by atoms with Gasteiger partial charge < -0.3 is 15.4 Å². The lowest BCUT2D eigenvalue weighted by Crippen LogP contribution is -2.26. The Morgan fingerprint density at radius 1 is 1.43 bits per heavy atom. The van der Waals surface area contributed by atoms with Gasteiger partial charge in [-0.15, -0.1) is 12.4 Å². The Balaban J connectivity index is 0.00000220. The van der Waals surface area contributed by atoms with Gasteiger partial charge in [0.1, 0.15) is 5.75 Å². The highest BCUT2D eigenvalue weighted by Gasteiger charge is 2.17. The van der Waals surface area contributed by atoms with Crippen LogP contribution in [0, 0.1) is 0 Å². The molecule has 1 atom stereocenters. The maximum absolute atomic E-state index is 9.57. The second-order valence-corrected chi connectivity index (χ2v) is 4.64. The number of halogens is 1. The van der Waals surface area contributed by atoms with E-state index in [1.807, 2.05) is 12.1 Å². The molecule has 21 heavy (non-hydrogen) atoms. The highest BCUT2D eigenvalue weighted by atomic mass is 35.5. The van der Waals surface area contributed by atoms with E-state index in [1.54, 1.807) is 12.1 Å². The summed E-state index contributed by atoms with van der Waals surface area (Å²) < 4.78 is 5.01. The molecule has 0 bridgehead atoms. The molecule has 0 aliphatic rings. The summed E-state index contributed by atoms with van der Waals surface area (Å²) in [7, 11) is 0. The van der Waals surface area contributed by atoms with Crippen molar-refractivity contribution in [3.63, 3.8) is 0 Å². The molecule has 0 aliphatic carbocycles. The van der Waals surface area contributed by atoms with E-state index in [0.29, 0.717) is 18.3 Å². The molecule has 0 aliphatic heterocycles. The van der Waals surface area contributed by atoms with Crippen molar-refractivity contribution in [2.24, 2.45) is 5.73 Å². The predicted octanol–water partition coefficient (Wildman–Crippen LogP) is 2.24. The van der Waals surface area contributed by atoms with Gasteiger partial charge in [-0.1, -0.05) is 24.2 Å². The van der Waals surface area contributed by atoms with Crippen molar-refractivity contribution in [2.75, 3.05) is 6.54 Å². The molecule has 0 radical (unpaired) electrons. The monoisotopic (exact) mass is 312 g/mol. The van der Waals surface area contributed by atoms with Crippen LogP contribution < -0.4 is 5.73 Å². The fourth-order valence-corrected chi connectivity index (χ4v) is 2.14. The lowest BCUT2D eigenvalue weighted by molar-refractivity contribution is 0.204. The van der Waals surface area contributed by atoms with Crippen molar-refractivity contribution < 1.29 is 9.63 Å². The van der Waals surface area contributed by atoms with E-state index in [1.165, 1.54) is 0 Å². The van der Waals surface area contributed by atoms with E-state index in [-0.39, 0.29) is 30.7 Å². The standard InChI is InChI=1S/C14H20N4O2.ClH/c1-3-18(9-13-16-14(8-15)20-17-13)10(2)11-5-4-6-12(19)7-11;/h4-7,10,19H,3,8-9,15H2,1-2H3;1H. The second kappa shape index (κ2) is 7.97. The average Bonchev–Trinajstić information content (AvgIpc) is 2.91. The SMILES string of the molecule is CCN(Cc1noc(CN)n1)C(C)c1cccc(O)c1.Cl. The summed E-state index contributed by atoms with van der Waals surface area (Å²) in [5, 5.41) is 13.5. The van der Waals surface area contributed by atoms with Crippen LogP contribution in [-0.4, -0.2) is 26.7 Å². The van der Waals surface area contributed by atoms with Gasteiger partial charge >= 0.3 is 0 Å². The van der Waals surface area contributed by atoms with E-state index in [2.05, 4.69) is 28.9 Å². The van der Waals surface area contributed by atoms with Crippen molar-refractivity contribution >= 4 is 12.4 Å². The first-order valence-corrected chi connectivity index (χ1v) is 6.68. The highest BCUT2D eigenvalue weighted by Crippen LogP contribution is 2.24. The maximum atomic E-state index is 9.57. The number of aromatic hydroxyl groups is 1. The summed E-state index contributed by atoms with van der Waals surface area (Å²) in [6.45, 7) is 5.83. The van der Waals surface area contributed by atoms with Crippen LogP contribution in [-0.2, 0) is 13.1 Å². The molecule has 1 unspecified atom stereocenters. The number of hydrogen-bond donors (Lipinski definition) is 2. The molecule has 2 rings (SSSR count). The van der Waals surface area contributed by atoms with Crippen LogP contribution in [0.2, 0.25) is 0 Å². The summed E-state index contributed by atoms with van der Waals surface area (Å²) >= 11 is 0. The summed E-state index contributed by atoms with van der Waals surface area (Å²) in [5.74, 6) is 1.34. The summed E-state index contributed by atoms with van der Waals surface area (Å²) in [5.41, 5.74) is 6.51. The topological polar surface area (TPSA) is 88.4 Å². The van der Waals surface area contributed by atoms with Crippen LogP contribution in [0.5, 0.6) is 5.75 Å². The molecular weight excluding hydrogens is 292 g/mol. The molecule has 1 aromatic heterocycles. The van der Waals surface area contributed by atoms with Crippen LogP contribution in [0.15, 0.2) is 28.8 Å². The molecule has 0 amide bonds. The maximum Gasteiger partial charge on any atom is 0.240 e. The van der Waals surface area contributed by atoms with Gasteiger partial charge in [0.05, 0.1) is 13.1 Å². The van der Waals surface area contributed by atoms with Crippen molar-refractivity contribution in [1.82, 2.24) is 15.0 Å². The van der Waals surface area contributed by atoms with Gasteiger partial charge in [0.25, 0.3) is 0 Å². The molecule has 0 fully saturated rings. The number of nitrogens with zero attached hydrogens (tertiary/aromatic N) is 3. The first-order valence-electron chi connectivity index (χ1n) is 6.68. The molecular formula is C14H21ClN4O2.